The van der Waals surface area contributed by atoms with Crippen LogP contribution in [0.3, 0.4) is 0 Å². The molecule has 0 spiro atoms. The van der Waals surface area contributed by atoms with Gasteiger partial charge in [-0.05, 0) is 31.4 Å². The third kappa shape index (κ3) is 1.89. The Morgan fingerprint density at radius 2 is 1.96 bits per heavy atom. The van der Waals surface area contributed by atoms with E-state index in [2.05, 4.69) is 21.0 Å². The predicted octanol–water partition coefficient (Wildman–Crippen LogP) is 3.69. The molecule has 120 valence electrons. The quantitative estimate of drug-likeness (QED) is 0.494. The van der Waals surface area contributed by atoms with Crippen molar-refractivity contribution in [2.45, 2.75) is 13.8 Å². The van der Waals surface area contributed by atoms with Crippen LogP contribution in [0.5, 0.6) is 0 Å². The van der Waals surface area contributed by atoms with Gasteiger partial charge in [-0.25, -0.2) is 4.79 Å². The van der Waals surface area contributed by atoms with Crippen LogP contribution in [0.15, 0.2) is 39.6 Å². The van der Waals surface area contributed by atoms with E-state index in [9.17, 15) is 9.59 Å². The number of esters is 1. The number of halogens is 1. The first-order valence-corrected chi connectivity index (χ1v) is 8.37. The molecule has 5 nitrogen and oxygen atoms in total. The van der Waals surface area contributed by atoms with Crippen LogP contribution in [-0.2, 0) is 4.74 Å². The molecular weight excluding hydrogens is 372 g/mol. The third-order valence-electron chi connectivity index (χ3n) is 4.21. The second kappa shape index (κ2) is 5.27. The van der Waals surface area contributed by atoms with Gasteiger partial charge in [0.25, 0.3) is 5.56 Å². The molecule has 4 rings (SSSR count). The molecular formula is C18H13BrN2O3. The number of hydrogen-bond acceptors (Lipinski definition) is 4. The second-order valence-corrected chi connectivity index (χ2v) is 6.42. The minimum atomic E-state index is -0.459. The van der Waals surface area contributed by atoms with Gasteiger partial charge < -0.3 is 4.74 Å². The molecule has 0 saturated heterocycles. The number of benzene rings is 2. The van der Waals surface area contributed by atoms with Crippen LogP contribution in [0.2, 0.25) is 0 Å². The minimum Gasteiger partial charge on any atom is -0.462 e. The SMILES string of the molecule is CCOC(=O)c1c(C)nn2c(=O)c3ccc(Br)c4cccc(c43)c12. The Morgan fingerprint density at radius 1 is 1.21 bits per heavy atom. The van der Waals surface area contributed by atoms with Crippen molar-refractivity contribution in [2.75, 3.05) is 6.61 Å². The zero-order valence-corrected chi connectivity index (χ0v) is 14.7. The van der Waals surface area contributed by atoms with Gasteiger partial charge in [0, 0.05) is 15.2 Å². The Morgan fingerprint density at radius 3 is 2.71 bits per heavy atom. The molecule has 0 aliphatic carbocycles. The molecule has 2 aromatic carbocycles. The number of fused-ring (bicyclic) bond motifs is 2. The number of aromatic nitrogens is 2. The van der Waals surface area contributed by atoms with Gasteiger partial charge in [-0.2, -0.15) is 9.61 Å². The summed E-state index contributed by atoms with van der Waals surface area (Å²) >= 11 is 3.53. The van der Waals surface area contributed by atoms with E-state index < -0.39 is 5.97 Å². The van der Waals surface area contributed by atoms with Crippen LogP contribution in [0.1, 0.15) is 23.0 Å². The smallest absolute Gasteiger partial charge is 0.342 e. The minimum absolute atomic E-state index is 0.236. The molecule has 0 atom stereocenters. The van der Waals surface area contributed by atoms with E-state index in [1.165, 1.54) is 4.52 Å². The largest absolute Gasteiger partial charge is 0.462 e. The van der Waals surface area contributed by atoms with E-state index in [4.69, 9.17) is 4.74 Å². The molecule has 4 aromatic rings. The lowest BCUT2D eigenvalue weighted by Gasteiger charge is -2.09. The molecule has 0 bridgehead atoms. The lowest BCUT2D eigenvalue weighted by Crippen LogP contribution is -2.15. The fourth-order valence-electron chi connectivity index (χ4n) is 3.23. The molecule has 24 heavy (non-hydrogen) atoms. The van der Waals surface area contributed by atoms with Crippen LogP contribution >= 0.6 is 15.9 Å². The van der Waals surface area contributed by atoms with Gasteiger partial charge in [-0.1, -0.05) is 34.1 Å². The van der Waals surface area contributed by atoms with Crippen molar-refractivity contribution in [2.24, 2.45) is 0 Å². The van der Waals surface area contributed by atoms with Crippen LogP contribution in [0, 0.1) is 6.92 Å². The summed E-state index contributed by atoms with van der Waals surface area (Å²) in [6.07, 6.45) is 0. The number of carbonyl (C=O) groups excluding carboxylic acids is 1. The van der Waals surface area contributed by atoms with Crippen LogP contribution < -0.4 is 5.56 Å². The maximum absolute atomic E-state index is 12.9. The van der Waals surface area contributed by atoms with Crippen molar-refractivity contribution in [1.82, 2.24) is 9.61 Å². The monoisotopic (exact) mass is 384 g/mol. The van der Waals surface area contributed by atoms with Crippen LogP contribution in [0.25, 0.3) is 27.1 Å². The topological polar surface area (TPSA) is 60.7 Å². The van der Waals surface area contributed by atoms with Crippen molar-refractivity contribution in [3.05, 3.63) is 56.4 Å². The van der Waals surface area contributed by atoms with Crippen molar-refractivity contribution in [3.8, 4) is 0 Å². The van der Waals surface area contributed by atoms with E-state index in [0.717, 1.165) is 20.6 Å². The fourth-order valence-corrected chi connectivity index (χ4v) is 3.69. The molecule has 0 unspecified atom stereocenters. The van der Waals surface area contributed by atoms with E-state index >= 15 is 0 Å². The highest BCUT2D eigenvalue weighted by Gasteiger charge is 2.23. The summed E-state index contributed by atoms with van der Waals surface area (Å²) in [5.41, 5.74) is 1.11. The van der Waals surface area contributed by atoms with Gasteiger partial charge in [0.05, 0.1) is 23.2 Å². The Balaban J connectivity index is 2.31. The predicted molar refractivity (Wildman–Crippen MR) is 96.1 cm³/mol. The van der Waals surface area contributed by atoms with Gasteiger partial charge in [0.15, 0.2) is 0 Å². The summed E-state index contributed by atoms with van der Waals surface area (Å²) in [6, 6.07) is 9.39. The van der Waals surface area contributed by atoms with Crippen LogP contribution in [0.4, 0.5) is 0 Å². The molecule has 0 saturated carbocycles. The summed E-state index contributed by atoms with van der Waals surface area (Å²) < 4.78 is 7.38. The molecule has 0 aliphatic heterocycles. The first kappa shape index (κ1) is 15.1. The third-order valence-corrected chi connectivity index (χ3v) is 4.90. The lowest BCUT2D eigenvalue weighted by molar-refractivity contribution is 0.0528. The Bertz CT molecular complexity index is 1180. The molecule has 0 aliphatic rings. The van der Waals surface area contributed by atoms with E-state index in [-0.39, 0.29) is 12.2 Å². The van der Waals surface area contributed by atoms with E-state index in [1.807, 2.05) is 24.3 Å². The molecule has 2 aromatic heterocycles. The highest BCUT2D eigenvalue weighted by molar-refractivity contribution is 9.10. The highest BCUT2D eigenvalue weighted by Crippen LogP contribution is 2.34. The van der Waals surface area contributed by atoms with Crippen molar-refractivity contribution in [3.63, 3.8) is 0 Å². The second-order valence-electron chi connectivity index (χ2n) is 5.57. The normalized spacial score (nSPS) is 11.6. The number of hydrogen-bond donors (Lipinski definition) is 0. The molecule has 0 fully saturated rings. The average Bonchev–Trinajstić information content (AvgIpc) is 2.92. The fraction of sp³-hybridized carbons (Fsp3) is 0.167. The van der Waals surface area contributed by atoms with Crippen molar-refractivity contribution in [1.29, 1.82) is 0 Å². The summed E-state index contributed by atoms with van der Waals surface area (Å²) in [6.45, 7) is 3.73. The number of nitrogens with zero attached hydrogens (tertiary/aromatic N) is 2. The first-order valence-electron chi connectivity index (χ1n) is 7.57. The van der Waals surface area contributed by atoms with Crippen molar-refractivity contribution < 1.29 is 9.53 Å². The summed E-state index contributed by atoms with van der Waals surface area (Å²) in [5.74, 6) is -0.459. The Kier molecular flexibility index (Phi) is 3.31. The molecule has 0 radical (unpaired) electrons. The number of ether oxygens (including phenoxy) is 1. The number of aryl methyl sites for hydroxylation is 1. The lowest BCUT2D eigenvalue weighted by atomic mass is 10.00. The van der Waals surface area contributed by atoms with Gasteiger partial charge in [0.1, 0.15) is 5.56 Å². The van der Waals surface area contributed by atoms with Gasteiger partial charge in [-0.3, -0.25) is 4.79 Å². The summed E-state index contributed by atoms with van der Waals surface area (Å²) in [4.78, 5) is 25.3. The molecule has 0 N–H and O–H groups in total. The standard InChI is InChI=1S/C18H13BrN2O3/c1-3-24-18(23)14-9(2)20-21-16(14)11-6-4-5-10-13(19)8-7-12(15(10)11)17(21)22/h4-8H,3H2,1-2H3. The first-order chi connectivity index (χ1) is 11.5. The maximum Gasteiger partial charge on any atom is 0.342 e. The summed E-state index contributed by atoms with van der Waals surface area (Å²) in [7, 11) is 0. The van der Waals surface area contributed by atoms with Crippen LogP contribution in [-0.4, -0.2) is 22.2 Å². The molecule has 0 amide bonds. The Hall–Kier alpha value is -2.47. The number of rotatable bonds is 2. The number of pyridine rings is 1. The average molecular weight is 385 g/mol. The maximum atomic E-state index is 12.9. The highest BCUT2D eigenvalue weighted by atomic mass is 79.9. The number of carbonyl (C=O) groups is 1. The zero-order valence-electron chi connectivity index (χ0n) is 13.1. The van der Waals surface area contributed by atoms with Gasteiger partial charge in [0.2, 0.25) is 0 Å². The Labute approximate surface area is 145 Å². The van der Waals surface area contributed by atoms with Gasteiger partial charge in [-0.15, -0.1) is 0 Å². The molecule has 2 heterocycles. The summed E-state index contributed by atoms with van der Waals surface area (Å²) in [5, 5.41) is 7.45. The van der Waals surface area contributed by atoms with E-state index in [0.29, 0.717) is 22.2 Å². The van der Waals surface area contributed by atoms with E-state index in [1.54, 1.807) is 19.9 Å². The van der Waals surface area contributed by atoms with Gasteiger partial charge >= 0.3 is 5.97 Å². The molecule has 6 heteroatoms. The zero-order chi connectivity index (χ0) is 17.0. The van der Waals surface area contributed by atoms with Crippen molar-refractivity contribution >= 4 is 49.0 Å².